The second-order valence-electron chi connectivity index (χ2n) is 3.87. The fraction of sp³-hybridized carbons (Fsp3) is 0.0909. The summed E-state index contributed by atoms with van der Waals surface area (Å²) < 4.78 is 5.04. The van der Waals surface area contributed by atoms with Gasteiger partial charge in [0.1, 0.15) is 0 Å². The molecule has 98 valence electrons. The van der Waals surface area contributed by atoms with E-state index in [2.05, 4.69) is 10.6 Å². The van der Waals surface area contributed by atoms with Gasteiger partial charge in [-0.05, 0) is 12.1 Å². The molecule has 0 unspecified atom stereocenters. The average molecular weight is 280 g/mol. The summed E-state index contributed by atoms with van der Waals surface area (Å²) in [6.45, 7) is 0. The lowest BCUT2D eigenvalue weighted by Gasteiger charge is -2.21. The van der Waals surface area contributed by atoms with Crippen LogP contribution in [0.1, 0.15) is 0 Å². The minimum Gasteiger partial charge on any atom is -0.594 e. The van der Waals surface area contributed by atoms with E-state index in [1.54, 1.807) is 43.9 Å². The molecule has 0 saturated heterocycles. The summed E-state index contributed by atoms with van der Waals surface area (Å²) in [5, 5.41) is 19.1. The van der Waals surface area contributed by atoms with Gasteiger partial charge in [0.05, 0.1) is 30.9 Å². The topological polar surface area (TPSA) is 68.4 Å². The van der Waals surface area contributed by atoms with Gasteiger partial charge in [-0.1, -0.05) is 22.0 Å². The van der Waals surface area contributed by atoms with E-state index >= 15 is 0 Å². The maximum Gasteiger partial charge on any atom is 0.254 e. The van der Waals surface area contributed by atoms with Crippen molar-refractivity contribution in [1.82, 2.24) is 20.3 Å². The van der Waals surface area contributed by atoms with Gasteiger partial charge < -0.3 is 9.94 Å². The maximum atomic E-state index is 11.9. The highest BCUT2D eigenvalue weighted by Crippen LogP contribution is 2.06. The number of ether oxygens (including phenoxy) is 1. The monoisotopic (exact) mass is 279 g/mol. The van der Waals surface area contributed by atoms with Crippen LogP contribution in [0.3, 0.4) is 0 Å². The Balaban J connectivity index is 2.07. The third kappa shape index (κ3) is 2.04. The van der Waals surface area contributed by atoms with Crippen molar-refractivity contribution in [3.63, 3.8) is 0 Å². The van der Waals surface area contributed by atoms with E-state index in [-0.39, 0.29) is 0 Å². The Morgan fingerprint density at radius 2 is 2.32 bits per heavy atom. The molecule has 0 bridgehead atoms. The number of hydrogen-bond acceptors (Lipinski definition) is 5. The molecule has 0 fully saturated rings. The molecule has 0 aliphatic carbocycles. The van der Waals surface area contributed by atoms with E-state index in [0.717, 1.165) is 5.22 Å². The molecule has 0 radical (unpaired) electrons. The van der Waals surface area contributed by atoms with Gasteiger partial charge in [-0.25, -0.2) is 0 Å². The Kier molecular flexibility index (Phi) is 2.68. The summed E-state index contributed by atoms with van der Waals surface area (Å²) in [6, 6.07) is 5.07. The van der Waals surface area contributed by atoms with Gasteiger partial charge in [-0.15, -0.1) is 5.12 Å². The molecule has 1 aromatic heterocycles. The summed E-state index contributed by atoms with van der Waals surface area (Å²) in [7, 11) is 1.55. The van der Waals surface area contributed by atoms with Gasteiger partial charge in [0, 0.05) is 11.1 Å². The quantitative estimate of drug-likeness (QED) is 0.584. The van der Waals surface area contributed by atoms with Gasteiger partial charge in [0.2, 0.25) is 0 Å². The Morgan fingerprint density at radius 3 is 3.05 bits per heavy atom. The predicted octanol–water partition coefficient (Wildman–Crippen LogP) is -0.657. The van der Waals surface area contributed by atoms with Crippen LogP contribution in [0.5, 0.6) is 5.75 Å². The largest absolute Gasteiger partial charge is 0.594 e. The van der Waals surface area contributed by atoms with Crippen molar-refractivity contribution in [1.29, 1.82) is 0 Å². The zero-order chi connectivity index (χ0) is 13.4. The first-order valence-electron chi connectivity index (χ1n) is 5.43. The maximum absolute atomic E-state index is 11.9. The molecular weight excluding hydrogens is 270 g/mol. The molecule has 1 N–H and O–H groups in total. The molecule has 1 aliphatic rings. The lowest BCUT2D eigenvalue weighted by molar-refractivity contribution is 0.408. The Labute approximate surface area is 113 Å². The number of rotatable bonds is 2. The average Bonchev–Trinajstić information content (AvgIpc) is 2.88. The number of halogens is 1. The molecule has 2 heterocycles. The molecular formula is C11H10ClN5O2. The van der Waals surface area contributed by atoms with Crippen LogP contribution in [0.25, 0.3) is 6.20 Å². The van der Waals surface area contributed by atoms with Crippen LogP contribution < -0.4 is 30.8 Å². The predicted molar refractivity (Wildman–Crippen MR) is 69.9 cm³/mol. The van der Waals surface area contributed by atoms with Crippen molar-refractivity contribution in [2.75, 3.05) is 12.2 Å². The Hall–Kier alpha value is -2.41. The Bertz CT molecular complexity index is 742. The molecule has 0 amide bonds. The van der Waals surface area contributed by atoms with E-state index in [9.17, 15) is 5.21 Å². The highest BCUT2D eigenvalue weighted by molar-refractivity contribution is 6.30. The molecule has 19 heavy (non-hydrogen) atoms. The molecule has 0 spiro atoms. The van der Waals surface area contributed by atoms with Gasteiger partial charge in [0.15, 0.2) is 5.75 Å². The number of nitrogens with zero attached hydrogens (tertiary/aromatic N) is 4. The number of benzene rings is 1. The SMILES string of the molecule is COc1cnn(N2C=c3ccc(Cl)cc3=[N+]([O-])N2)c1. The summed E-state index contributed by atoms with van der Waals surface area (Å²) in [5.74, 6) is 0.592. The molecule has 2 aromatic rings. The first-order chi connectivity index (χ1) is 9.17. The summed E-state index contributed by atoms with van der Waals surface area (Å²) in [5.41, 5.74) is 2.60. The van der Waals surface area contributed by atoms with E-state index in [0.29, 0.717) is 21.0 Å². The lowest BCUT2D eigenvalue weighted by Crippen LogP contribution is -2.59. The van der Waals surface area contributed by atoms with Crippen LogP contribution in [-0.2, 0) is 0 Å². The summed E-state index contributed by atoms with van der Waals surface area (Å²) >= 11 is 5.86. The van der Waals surface area contributed by atoms with E-state index in [1.807, 2.05) is 0 Å². The standard InChI is InChI=1S/C11H10ClN5O2/c1-19-10-5-13-15(7-10)16-6-8-2-3-9(12)4-11(8)17(18)14-16/h2-7,14H,1H3. The van der Waals surface area contributed by atoms with Gasteiger partial charge >= 0.3 is 0 Å². The van der Waals surface area contributed by atoms with Crippen LogP contribution in [0, 0.1) is 5.21 Å². The third-order valence-electron chi connectivity index (χ3n) is 2.67. The van der Waals surface area contributed by atoms with Crippen molar-refractivity contribution in [2.24, 2.45) is 0 Å². The normalized spacial score (nSPS) is 13.6. The van der Waals surface area contributed by atoms with Gasteiger partial charge in [-0.3, -0.25) is 0 Å². The number of fused-ring (bicyclic) bond motifs is 1. The Morgan fingerprint density at radius 1 is 1.47 bits per heavy atom. The van der Waals surface area contributed by atoms with Gasteiger partial charge in [0.25, 0.3) is 5.36 Å². The first kappa shape index (κ1) is 11.7. The number of hydrazine groups is 2. The first-order valence-corrected chi connectivity index (χ1v) is 5.81. The van der Waals surface area contributed by atoms with Crippen LogP contribution >= 0.6 is 11.6 Å². The van der Waals surface area contributed by atoms with Crippen molar-refractivity contribution in [2.45, 2.75) is 0 Å². The second-order valence-corrected chi connectivity index (χ2v) is 4.31. The summed E-state index contributed by atoms with van der Waals surface area (Å²) in [4.78, 5) is 2.07. The van der Waals surface area contributed by atoms with Crippen LogP contribution in [0.15, 0.2) is 30.6 Å². The minimum atomic E-state index is 0.447. The smallest absolute Gasteiger partial charge is 0.254 e. The van der Waals surface area contributed by atoms with Crippen LogP contribution in [-0.4, -0.2) is 17.0 Å². The van der Waals surface area contributed by atoms with Crippen molar-refractivity contribution in [3.05, 3.63) is 51.4 Å². The lowest BCUT2D eigenvalue weighted by atomic mass is 10.3. The van der Waals surface area contributed by atoms with E-state index in [4.69, 9.17) is 16.3 Å². The van der Waals surface area contributed by atoms with E-state index < -0.39 is 0 Å². The molecule has 8 heteroatoms. The fourth-order valence-corrected chi connectivity index (χ4v) is 1.90. The van der Waals surface area contributed by atoms with Crippen molar-refractivity contribution < 1.29 is 4.74 Å². The number of methoxy groups -OCH3 is 1. The summed E-state index contributed by atoms with van der Waals surface area (Å²) in [6.07, 6.45) is 4.91. The fourth-order valence-electron chi connectivity index (χ4n) is 1.73. The zero-order valence-corrected chi connectivity index (χ0v) is 10.7. The molecule has 7 nitrogen and oxygen atoms in total. The number of nitrogens with one attached hydrogen (secondary N) is 1. The third-order valence-corrected chi connectivity index (χ3v) is 2.90. The highest BCUT2D eigenvalue weighted by Gasteiger charge is 2.14. The van der Waals surface area contributed by atoms with Crippen LogP contribution in [0.2, 0.25) is 5.02 Å². The van der Waals surface area contributed by atoms with Crippen LogP contribution in [0.4, 0.5) is 0 Å². The molecule has 0 atom stereocenters. The number of aromatic nitrogens is 2. The molecule has 1 aromatic carbocycles. The van der Waals surface area contributed by atoms with Crippen molar-refractivity contribution in [3.8, 4) is 5.75 Å². The second kappa shape index (κ2) is 4.36. The minimum absolute atomic E-state index is 0.447. The van der Waals surface area contributed by atoms with Crippen molar-refractivity contribution >= 4 is 17.8 Å². The molecule has 3 rings (SSSR count). The van der Waals surface area contributed by atoms with E-state index in [1.165, 1.54) is 9.91 Å². The van der Waals surface area contributed by atoms with Gasteiger partial charge in [-0.2, -0.15) is 9.89 Å². The molecule has 1 aliphatic heterocycles. The number of hydrogen-bond donors (Lipinski definition) is 1. The molecule has 0 saturated carbocycles. The zero-order valence-electron chi connectivity index (χ0n) is 9.95. The highest BCUT2D eigenvalue weighted by atomic mass is 35.5.